The van der Waals surface area contributed by atoms with Crippen LogP contribution in [0.1, 0.15) is 0 Å². The maximum Gasteiger partial charge on any atom is 0.244 e. The Labute approximate surface area is 304 Å². The van der Waals surface area contributed by atoms with E-state index in [4.69, 9.17) is 38.9 Å². The predicted octanol–water partition coefficient (Wildman–Crippen LogP) is -0.472. The zero-order valence-corrected chi connectivity index (χ0v) is 31.3. The number of hydrogen-bond donors (Lipinski definition) is 0. The standard InChI is InChI=1S/C32H52N16O4/c1-41-23-33-29(39-41)45-11-7-43(8-12-45)27-25-26(36-31(37-27)47(15-19-49-3)16-20-50-4)28(38-32(35-25)48(17-21-51-5)18-22-52-6)44-9-13-46(14-10-44)30-34-24-42(2)40-30/h23-24H,7-22H2,1-6H3. The zero-order valence-electron chi connectivity index (χ0n) is 31.3. The summed E-state index contributed by atoms with van der Waals surface area (Å²) in [6.07, 6.45) is 3.46. The Morgan fingerprint density at radius 3 is 1.12 bits per heavy atom. The molecule has 0 N–H and O–H groups in total. The Morgan fingerprint density at radius 1 is 0.500 bits per heavy atom. The summed E-state index contributed by atoms with van der Waals surface area (Å²) < 4.78 is 25.4. The molecule has 0 radical (unpaired) electrons. The summed E-state index contributed by atoms with van der Waals surface area (Å²) >= 11 is 0. The van der Waals surface area contributed by atoms with E-state index in [1.165, 1.54) is 0 Å². The third-order valence-corrected chi connectivity index (χ3v) is 9.21. The number of aromatic nitrogens is 10. The van der Waals surface area contributed by atoms with Gasteiger partial charge in [-0.2, -0.15) is 9.97 Å². The smallest absolute Gasteiger partial charge is 0.244 e. The van der Waals surface area contributed by atoms with Gasteiger partial charge >= 0.3 is 0 Å². The van der Waals surface area contributed by atoms with Gasteiger partial charge in [-0.05, 0) is 0 Å². The number of nitrogens with zero attached hydrogens (tertiary/aromatic N) is 16. The number of ether oxygens (including phenoxy) is 4. The number of piperazine rings is 2. The van der Waals surface area contributed by atoms with Crippen molar-refractivity contribution in [3.63, 3.8) is 0 Å². The van der Waals surface area contributed by atoms with Gasteiger partial charge in [0.05, 0.1) is 26.4 Å². The van der Waals surface area contributed by atoms with Crippen LogP contribution in [0.3, 0.4) is 0 Å². The molecule has 4 aromatic heterocycles. The molecular weight excluding hydrogens is 672 g/mol. The van der Waals surface area contributed by atoms with Gasteiger partial charge in [0.1, 0.15) is 23.7 Å². The molecule has 6 heterocycles. The SMILES string of the molecule is COCCN(CCOC)c1nc(N2CCN(c3ncn(C)n3)CC2)c2nc(N(CCOC)CCOC)nc(N3CCN(c4ncn(C)n4)CC3)c2n1. The van der Waals surface area contributed by atoms with Gasteiger partial charge in [0.25, 0.3) is 0 Å². The molecule has 2 saturated heterocycles. The molecule has 284 valence electrons. The number of hydrogen-bond acceptors (Lipinski definition) is 18. The minimum absolute atomic E-state index is 0.510. The van der Waals surface area contributed by atoms with Crippen LogP contribution in [0.25, 0.3) is 11.0 Å². The second-order valence-electron chi connectivity index (χ2n) is 12.7. The highest BCUT2D eigenvalue weighted by atomic mass is 16.5. The minimum Gasteiger partial charge on any atom is -0.383 e. The Balaban J connectivity index is 1.45. The molecule has 0 unspecified atom stereocenters. The Morgan fingerprint density at radius 2 is 0.827 bits per heavy atom. The van der Waals surface area contributed by atoms with E-state index in [2.05, 4.69) is 49.6 Å². The van der Waals surface area contributed by atoms with E-state index in [0.29, 0.717) is 102 Å². The van der Waals surface area contributed by atoms with E-state index in [1.807, 2.05) is 14.1 Å². The molecule has 0 bridgehead atoms. The van der Waals surface area contributed by atoms with Gasteiger partial charge < -0.3 is 48.3 Å². The first-order chi connectivity index (χ1) is 25.4. The first-order valence-corrected chi connectivity index (χ1v) is 17.7. The molecule has 20 nitrogen and oxygen atoms in total. The second kappa shape index (κ2) is 17.7. The van der Waals surface area contributed by atoms with Crippen LogP contribution < -0.4 is 29.4 Å². The van der Waals surface area contributed by atoms with Crippen molar-refractivity contribution < 1.29 is 18.9 Å². The van der Waals surface area contributed by atoms with Crippen LogP contribution in [0.15, 0.2) is 12.7 Å². The fourth-order valence-electron chi connectivity index (χ4n) is 6.30. The number of anilines is 6. The molecule has 6 rings (SSSR count). The highest BCUT2D eigenvalue weighted by Crippen LogP contribution is 2.34. The van der Waals surface area contributed by atoms with Gasteiger partial charge in [-0.15, -0.1) is 10.2 Å². The van der Waals surface area contributed by atoms with Crippen LogP contribution in [0.5, 0.6) is 0 Å². The van der Waals surface area contributed by atoms with Crippen molar-refractivity contribution in [2.45, 2.75) is 0 Å². The first kappa shape index (κ1) is 37.1. The first-order valence-electron chi connectivity index (χ1n) is 17.7. The molecule has 52 heavy (non-hydrogen) atoms. The van der Waals surface area contributed by atoms with Gasteiger partial charge in [0.2, 0.25) is 23.8 Å². The minimum atomic E-state index is 0.510. The molecule has 2 aliphatic rings. The number of rotatable bonds is 18. The molecule has 0 spiro atoms. The number of methoxy groups -OCH3 is 4. The van der Waals surface area contributed by atoms with Crippen molar-refractivity contribution in [2.24, 2.45) is 14.1 Å². The van der Waals surface area contributed by atoms with Crippen LogP contribution in [0, 0.1) is 0 Å². The lowest BCUT2D eigenvalue weighted by Gasteiger charge is -2.37. The van der Waals surface area contributed by atoms with Crippen molar-refractivity contribution >= 4 is 46.5 Å². The molecule has 4 aromatic rings. The molecule has 2 aliphatic heterocycles. The average Bonchev–Trinajstić information content (AvgIpc) is 3.82. The van der Waals surface area contributed by atoms with E-state index in [-0.39, 0.29) is 0 Å². The van der Waals surface area contributed by atoms with Gasteiger partial charge in [-0.25, -0.2) is 19.9 Å². The lowest BCUT2D eigenvalue weighted by Crippen LogP contribution is -2.48. The summed E-state index contributed by atoms with van der Waals surface area (Å²) in [6.45, 7) is 10.1. The number of aryl methyl sites for hydroxylation is 2. The van der Waals surface area contributed by atoms with Crippen molar-refractivity contribution in [3.8, 4) is 0 Å². The highest BCUT2D eigenvalue weighted by molar-refractivity contribution is 5.95. The molecule has 0 atom stereocenters. The van der Waals surface area contributed by atoms with Gasteiger partial charge in [0.15, 0.2) is 11.6 Å². The topological polar surface area (TPSA) is 169 Å². The largest absolute Gasteiger partial charge is 0.383 e. The summed E-state index contributed by atoms with van der Waals surface area (Å²) in [5.41, 5.74) is 1.39. The predicted molar refractivity (Wildman–Crippen MR) is 198 cm³/mol. The summed E-state index contributed by atoms with van der Waals surface area (Å²) in [6, 6.07) is 0. The Hall–Kier alpha value is -4.66. The summed E-state index contributed by atoms with van der Waals surface area (Å²) in [5.74, 6) is 4.12. The van der Waals surface area contributed by atoms with E-state index >= 15 is 0 Å². The van der Waals surface area contributed by atoms with Gasteiger partial charge in [-0.1, -0.05) is 0 Å². The lowest BCUT2D eigenvalue weighted by molar-refractivity contribution is 0.189. The third-order valence-electron chi connectivity index (χ3n) is 9.21. The number of fused-ring (bicyclic) bond motifs is 1. The van der Waals surface area contributed by atoms with E-state index in [9.17, 15) is 0 Å². The fourth-order valence-corrected chi connectivity index (χ4v) is 6.30. The third kappa shape index (κ3) is 8.68. The summed E-state index contributed by atoms with van der Waals surface area (Å²) in [5, 5.41) is 9.08. The van der Waals surface area contributed by atoms with Crippen LogP contribution in [-0.4, -0.2) is 183 Å². The van der Waals surface area contributed by atoms with Crippen LogP contribution in [0.2, 0.25) is 0 Å². The van der Waals surface area contributed by atoms with Crippen molar-refractivity contribution in [3.05, 3.63) is 12.7 Å². The highest BCUT2D eigenvalue weighted by Gasteiger charge is 2.30. The quantitative estimate of drug-likeness (QED) is 0.129. The molecule has 0 amide bonds. The molecule has 0 aliphatic carbocycles. The van der Waals surface area contributed by atoms with Crippen LogP contribution in [0.4, 0.5) is 35.4 Å². The average molecular weight is 725 g/mol. The second-order valence-corrected chi connectivity index (χ2v) is 12.7. The molecule has 0 aromatic carbocycles. The van der Waals surface area contributed by atoms with Crippen LogP contribution in [-0.2, 0) is 33.0 Å². The molecule has 2 fully saturated rings. The fraction of sp³-hybridized carbons (Fsp3) is 0.688. The van der Waals surface area contributed by atoms with Crippen molar-refractivity contribution in [1.29, 1.82) is 0 Å². The monoisotopic (exact) mass is 724 g/mol. The maximum atomic E-state index is 5.49. The van der Waals surface area contributed by atoms with Gasteiger partial charge in [0, 0.05) is 121 Å². The lowest BCUT2D eigenvalue weighted by atomic mass is 10.2. The van der Waals surface area contributed by atoms with E-state index in [0.717, 1.165) is 49.7 Å². The Kier molecular flexibility index (Phi) is 12.6. The zero-order chi connectivity index (χ0) is 36.5. The molecule has 20 heteroatoms. The van der Waals surface area contributed by atoms with E-state index in [1.54, 1.807) is 50.5 Å². The van der Waals surface area contributed by atoms with Gasteiger partial charge in [-0.3, -0.25) is 9.36 Å². The summed E-state index contributed by atoms with van der Waals surface area (Å²) in [7, 11) is 10.6. The van der Waals surface area contributed by atoms with Crippen molar-refractivity contribution in [1.82, 2.24) is 49.5 Å². The van der Waals surface area contributed by atoms with Crippen LogP contribution >= 0.6 is 0 Å². The Bertz CT molecular complexity index is 1570. The summed E-state index contributed by atoms with van der Waals surface area (Å²) in [4.78, 5) is 43.2. The normalized spacial score (nSPS) is 15.3. The van der Waals surface area contributed by atoms with E-state index < -0.39 is 0 Å². The maximum absolute atomic E-state index is 5.49. The molecule has 0 saturated carbocycles. The molecular formula is C32H52N16O4. The van der Waals surface area contributed by atoms with Crippen molar-refractivity contribution in [2.75, 3.05) is 163 Å².